The molecule has 3 rings (SSSR count). The van der Waals surface area contributed by atoms with Crippen molar-refractivity contribution in [3.8, 4) is 11.4 Å². The highest BCUT2D eigenvalue weighted by molar-refractivity contribution is 7.99. The molecule has 0 radical (unpaired) electrons. The van der Waals surface area contributed by atoms with E-state index < -0.39 is 0 Å². The van der Waals surface area contributed by atoms with Gasteiger partial charge in [-0.3, -0.25) is 14.3 Å². The van der Waals surface area contributed by atoms with Crippen molar-refractivity contribution in [2.24, 2.45) is 0 Å². The Morgan fingerprint density at radius 3 is 2.86 bits per heavy atom. The van der Waals surface area contributed by atoms with E-state index in [4.69, 9.17) is 16.3 Å². The van der Waals surface area contributed by atoms with Crippen molar-refractivity contribution in [3.05, 3.63) is 29.3 Å². The molecule has 8 heteroatoms. The van der Waals surface area contributed by atoms with Crippen LogP contribution in [0.15, 0.2) is 29.4 Å². The van der Waals surface area contributed by atoms with Gasteiger partial charge in [0.2, 0.25) is 0 Å². The smallest absolute Gasteiger partial charge is 0.320 e. The van der Waals surface area contributed by atoms with Crippen LogP contribution in [-0.4, -0.2) is 44.7 Å². The van der Waals surface area contributed by atoms with Gasteiger partial charge in [0.25, 0.3) is 0 Å². The summed E-state index contributed by atoms with van der Waals surface area (Å²) in [5.74, 6) is 1.25. The van der Waals surface area contributed by atoms with E-state index in [9.17, 15) is 4.79 Å². The normalized spacial score (nSPS) is 14.6. The van der Waals surface area contributed by atoms with Gasteiger partial charge in [-0.05, 0) is 31.2 Å². The average Bonchev–Trinajstić information content (AvgIpc) is 2.91. The summed E-state index contributed by atoms with van der Waals surface area (Å²) in [4.78, 5) is 13.6. The van der Waals surface area contributed by atoms with Gasteiger partial charge in [-0.1, -0.05) is 23.4 Å². The van der Waals surface area contributed by atoms with Crippen LogP contribution >= 0.6 is 23.4 Å². The number of rotatable bonds is 4. The molecule has 1 aliphatic rings. The fraction of sp³-hybridized carbons (Fsp3) is 0.357. The molecule has 0 bridgehead atoms. The van der Waals surface area contributed by atoms with E-state index in [1.165, 1.54) is 0 Å². The summed E-state index contributed by atoms with van der Waals surface area (Å²) in [7, 11) is 0. The Balaban J connectivity index is 1.79. The van der Waals surface area contributed by atoms with Crippen LogP contribution in [0.4, 0.5) is 0 Å². The molecule has 22 heavy (non-hydrogen) atoms. The molecule has 0 fully saturated rings. The fourth-order valence-electron chi connectivity index (χ4n) is 2.21. The van der Waals surface area contributed by atoms with E-state index in [1.807, 2.05) is 33.7 Å². The van der Waals surface area contributed by atoms with E-state index in [2.05, 4.69) is 10.2 Å². The van der Waals surface area contributed by atoms with Gasteiger partial charge in [0.15, 0.2) is 11.0 Å². The third kappa shape index (κ3) is 3.26. The van der Waals surface area contributed by atoms with E-state index in [1.54, 1.807) is 18.7 Å². The van der Waals surface area contributed by atoms with Gasteiger partial charge in [0.05, 0.1) is 25.7 Å². The molecule has 1 aromatic carbocycles. The van der Waals surface area contributed by atoms with Gasteiger partial charge in [0, 0.05) is 10.6 Å². The number of thioether (sulfide) groups is 1. The topological polar surface area (TPSA) is 60.2 Å². The lowest BCUT2D eigenvalue weighted by molar-refractivity contribution is -0.144. The number of halogens is 1. The van der Waals surface area contributed by atoms with Gasteiger partial charge in [-0.15, -0.1) is 10.2 Å². The summed E-state index contributed by atoms with van der Waals surface area (Å²) in [6.45, 7) is 3.03. The zero-order valence-electron chi connectivity index (χ0n) is 12.0. The molecule has 6 nitrogen and oxygen atoms in total. The van der Waals surface area contributed by atoms with Crippen molar-refractivity contribution in [2.45, 2.75) is 18.7 Å². The van der Waals surface area contributed by atoms with Crippen LogP contribution in [-0.2, 0) is 16.2 Å². The second-order valence-electron chi connectivity index (χ2n) is 4.79. The quantitative estimate of drug-likeness (QED) is 0.798. The van der Waals surface area contributed by atoms with Crippen molar-refractivity contribution >= 4 is 29.3 Å². The lowest BCUT2D eigenvalue weighted by Gasteiger charge is -2.26. The number of fused-ring (bicyclic) bond motifs is 1. The largest absolute Gasteiger partial charge is 0.465 e. The lowest BCUT2D eigenvalue weighted by atomic mass is 10.2. The van der Waals surface area contributed by atoms with E-state index in [-0.39, 0.29) is 12.5 Å². The molecule has 1 aliphatic heterocycles. The van der Waals surface area contributed by atoms with E-state index >= 15 is 0 Å². The molecule has 0 saturated heterocycles. The van der Waals surface area contributed by atoms with Crippen molar-refractivity contribution in [2.75, 3.05) is 19.0 Å². The van der Waals surface area contributed by atoms with Crippen LogP contribution in [0.1, 0.15) is 6.92 Å². The van der Waals surface area contributed by atoms with Gasteiger partial charge in [0.1, 0.15) is 0 Å². The third-order valence-corrected chi connectivity index (χ3v) is 4.50. The van der Waals surface area contributed by atoms with Gasteiger partial charge in [-0.25, -0.2) is 0 Å². The number of hydrogen-bond acceptors (Lipinski definition) is 6. The highest BCUT2D eigenvalue weighted by Crippen LogP contribution is 2.29. The molecule has 2 heterocycles. The lowest BCUT2D eigenvalue weighted by Crippen LogP contribution is -2.35. The summed E-state index contributed by atoms with van der Waals surface area (Å²) < 4.78 is 6.99. The highest BCUT2D eigenvalue weighted by Gasteiger charge is 2.24. The first-order valence-electron chi connectivity index (χ1n) is 6.87. The SMILES string of the molecule is CCOC(=O)CN1CSc2nnc(-c3ccc(Cl)cc3)n2C1. The van der Waals surface area contributed by atoms with Crippen molar-refractivity contribution in [1.29, 1.82) is 0 Å². The Kier molecular flexibility index (Phi) is 4.66. The van der Waals surface area contributed by atoms with Crippen molar-refractivity contribution in [1.82, 2.24) is 19.7 Å². The standard InChI is InChI=1S/C14H15ClN4O2S/c1-2-21-12(20)7-18-8-19-13(16-17-14(19)22-9-18)10-3-5-11(15)6-4-10/h3-6H,2,7-9H2,1H3. The number of ether oxygens (including phenoxy) is 1. The molecule has 1 aromatic heterocycles. The summed E-state index contributed by atoms with van der Waals surface area (Å²) in [5.41, 5.74) is 0.946. The zero-order chi connectivity index (χ0) is 15.5. The number of hydrogen-bond donors (Lipinski definition) is 0. The van der Waals surface area contributed by atoms with Crippen molar-refractivity contribution < 1.29 is 9.53 Å². The fourth-order valence-corrected chi connectivity index (χ4v) is 3.21. The van der Waals surface area contributed by atoms with Crippen LogP contribution in [0.3, 0.4) is 0 Å². The molecule has 0 spiro atoms. The van der Waals surface area contributed by atoms with Crippen LogP contribution in [0.25, 0.3) is 11.4 Å². The average molecular weight is 339 g/mol. The number of carbonyl (C=O) groups is 1. The first kappa shape index (κ1) is 15.3. The Morgan fingerprint density at radius 2 is 2.14 bits per heavy atom. The minimum Gasteiger partial charge on any atom is -0.465 e. The maximum absolute atomic E-state index is 11.6. The second-order valence-corrected chi connectivity index (χ2v) is 6.14. The number of benzene rings is 1. The molecule has 0 amide bonds. The monoisotopic (exact) mass is 338 g/mol. The minimum atomic E-state index is -0.215. The van der Waals surface area contributed by atoms with Gasteiger partial charge < -0.3 is 4.74 Å². The minimum absolute atomic E-state index is 0.215. The maximum atomic E-state index is 11.6. The molecule has 0 aliphatic carbocycles. The zero-order valence-corrected chi connectivity index (χ0v) is 13.6. The Morgan fingerprint density at radius 1 is 1.36 bits per heavy atom. The molecular weight excluding hydrogens is 324 g/mol. The van der Waals surface area contributed by atoms with Gasteiger partial charge >= 0.3 is 5.97 Å². The van der Waals surface area contributed by atoms with Gasteiger partial charge in [-0.2, -0.15) is 0 Å². The van der Waals surface area contributed by atoms with Crippen LogP contribution in [0, 0.1) is 0 Å². The first-order chi connectivity index (χ1) is 10.7. The molecule has 0 saturated carbocycles. The Labute approximate surface area is 137 Å². The Hall–Kier alpha value is -1.57. The van der Waals surface area contributed by atoms with Crippen LogP contribution in [0.2, 0.25) is 5.02 Å². The summed E-state index contributed by atoms with van der Waals surface area (Å²) in [5, 5.41) is 9.99. The third-order valence-electron chi connectivity index (χ3n) is 3.19. The number of nitrogens with zero attached hydrogens (tertiary/aromatic N) is 4. The van der Waals surface area contributed by atoms with Crippen LogP contribution in [0.5, 0.6) is 0 Å². The molecular formula is C14H15ClN4O2S. The molecule has 0 atom stereocenters. The molecule has 0 unspecified atom stereocenters. The maximum Gasteiger partial charge on any atom is 0.320 e. The number of esters is 1. The molecule has 2 aromatic rings. The summed E-state index contributed by atoms with van der Waals surface area (Å²) in [6, 6.07) is 7.47. The van der Waals surface area contributed by atoms with E-state index in [0.29, 0.717) is 24.2 Å². The van der Waals surface area contributed by atoms with E-state index in [0.717, 1.165) is 16.5 Å². The van der Waals surface area contributed by atoms with Crippen molar-refractivity contribution in [3.63, 3.8) is 0 Å². The molecule has 116 valence electrons. The predicted octanol–water partition coefficient (Wildman–Crippen LogP) is 2.48. The highest BCUT2D eigenvalue weighted by atomic mass is 35.5. The summed E-state index contributed by atoms with van der Waals surface area (Å²) >= 11 is 7.48. The number of carbonyl (C=O) groups excluding carboxylic acids is 1. The Bertz CT molecular complexity index is 674. The first-order valence-corrected chi connectivity index (χ1v) is 8.23. The molecule has 0 N–H and O–H groups in total. The predicted molar refractivity (Wildman–Crippen MR) is 84.5 cm³/mol. The number of aromatic nitrogens is 3. The second kappa shape index (κ2) is 6.68. The van der Waals surface area contributed by atoms with Crippen LogP contribution < -0.4 is 0 Å². The summed E-state index contributed by atoms with van der Waals surface area (Å²) in [6.07, 6.45) is 0.